The van der Waals surface area contributed by atoms with Crippen molar-refractivity contribution in [2.45, 2.75) is 69.8 Å². The lowest BCUT2D eigenvalue weighted by molar-refractivity contribution is -0.119. The SMILES string of the molecule is CNC(=O)Cc1ccccc1.Oc1ccc(CCC2(O)CCCCC2CCNCC2CC2)cc1O. The fourth-order valence-electron chi connectivity index (χ4n) is 4.90. The van der Waals surface area contributed by atoms with Gasteiger partial charge in [-0.15, -0.1) is 0 Å². The maximum atomic E-state index is 11.2. The molecule has 1 amide bonds. The van der Waals surface area contributed by atoms with Gasteiger partial charge >= 0.3 is 0 Å². The Hall–Kier alpha value is -2.57. The topological polar surface area (TPSA) is 102 Å². The Labute approximate surface area is 209 Å². The lowest BCUT2D eigenvalue weighted by atomic mass is 9.71. The van der Waals surface area contributed by atoms with E-state index < -0.39 is 5.60 Å². The van der Waals surface area contributed by atoms with Gasteiger partial charge in [0.1, 0.15) is 0 Å². The molecular weight excluding hydrogens is 440 g/mol. The van der Waals surface area contributed by atoms with Crippen LogP contribution in [0.15, 0.2) is 48.5 Å². The molecular formula is C29H42N2O4. The summed E-state index contributed by atoms with van der Waals surface area (Å²) >= 11 is 0. The van der Waals surface area contributed by atoms with E-state index in [-0.39, 0.29) is 17.4 Å². The molecule has 2 aliphatic rings. The van der Waals surface area contributed by atoms with Crippen LogP contribution in [0.3, 0.4) is 0 Å². The van der Waals surface area contributed by atoms with Crippen LogP contribution < -0.4 is 10.6 Å². The lowest BCUT2D eigenvalue weighted by Crippen LogP contribution is -2.42. The summed E-state index contributed by atoms with van der Waals surface area (Å²) in [6.45, 7) is 2.14. The van der Waals surface area contributed by atoms with Crippen molar-refractivity contribution in [3.8, 4) is 11.5 Å². The highest BCUT2D eigenvalue weighted by Crippen LogP contribution is 2.39. The second-order valence-corrected chi connectivity index (χ2v) is 10.1. The summed E-state index contributed by atoms with van der Waals surface area (Å²) in [5.74, 6) is 1.15. The molecule has 0 saturated heterocycles. The summed E-state index contributed by atoms with van der Waals surface area (Å²) in [5.41, 5.74) is 1.43. The van der Waals surface area contributed by atoms with Crippen LogP contribution in [0, 0.1) is 11.8 Å². The number of rotatable bonds is 10. The average molecular weight is 483 g/mol. The molecule has 0 spiro atoms. The average Bonchev–Trinajstić information content (AvgIpc) is 3.69. The number of aromatic hydroxyl groups is 2. The van der Waals surface area contributed by atoms with Gasteiger partial charge in [-0.3, -0.25) is 4.79 Å². The van der Waals surface area contributed by atoms with E-state index in [4.69, 9.17) is 0 Å². The first-order valence-electron chi connectivity index (χ1n) is 13.1. The van der Waals surface area contributed by atoms with Crippen LogP contribution in [0.25, 0.3) is 0 Å². The van der Waals surface area contributed by atoms with Crippen LogP contribution >= 0.6 is 0 Å². The van der Waals surface area contributed by atoms with Crippen LogP contribution in [0.2, 0.25) is 0 Å². The van der Waals surface area contributed by atoms with Crippen LogP contribution in [0.5, 0.6) is 11.5 Å². The molecule has 0 heterocycles. The Balaban J connectivity index is 0.000000261. The maximum absolute atomic E-state index is 11.2. The van der Waals surface area contributed by atoms with E-state index in [1.54, 1.807) is 13.1 Å². The van der Waals surface area contributed by atoms with E-state index in [1.165, 1.54) is 25.3 Å². The van der Waals surface area contributed by atoms with Crippen molar-refractivity contribution in [3.05, 3.63) is 59.7 Å². The third kappa shape index (κ3) is 9.19. The zero-order valence-electron chi connectivity index (χ0n) is 21.0. The number of carbonyl (C=O) groups is 1. The van der Waals surface area contributed by atoms with Gasteiger partial charge in [-0.25, -0.2) is 0 Å². The van der Waals surface area contributed by atoms with Gasteiger partial charge in [0, 0.05) is 7.05 Å². The van der Waals surface area contributed by atoms with Gasteiger partial charge in [0.05, 0.1) is 12.0 Å². The number of amides is 1. The minimum absolute atomic E-state index is 0.0520. The zero-order valence-corrected chi connectivity index (χ0v) is 21.0. The summed E-state index contributed by atoms with van der Waals surface area (Å²) in [7, 11) is 1.64. The molecule has 5 N–H and O–H groups in total. The molecule has 0 bridgehead atoms. The molecule has 0 aromatic heterocycles. The third-order valence-corrected chi connectivity index (χ3v) is 7.34. The fourth-order valence-corrected chi connectivity index (χ4v) is 4.90. The number of hydrogen-bond donors (Lipinski definition) is 5. The smallest absolute Gasteiger partial charge is 0.224 e. The van der Waals surface area contributed by atoms with Gasteiger partial charge in [-0.2, -0.15) is 0 Å². The molecule has 192 valence electrons. The van der Waals surface area contributed by atoms with E-state index in [0.29, 0.717) is 12.3 Å². The van der Waals surface area contributed by atoms with Crippen LogP contribution in [-0.4, -0.2) is 47.0 Å². The number of likely N-dealkylation sites (N-methyl/N-ethyl adjacent to an activating group) is 1. The quantitative estimate of drug-likeness (QED) is 0.256. The number of aryl methyl sites for hydroxylation is 1. The Kier molecular flexibility index (Phi) is 10.4. The zero-order chi connectivity index (χ0) is 25.1. The number of carbonyl (C=O) groups excluding carboxylic acids is 1. The first-order chi connectivity index (χ1) is 16.9. The maximum Gasteiger partial charge on any atom is 0.224 e. The van der Waals surface area contributed by atoms with Crippen molar-refractivity contribution in [1.29, 1.82) is 0 Å². The van der Waals surface area contributed by atoms with E-state index in [0.717, 1.165) is 68.7 Å². The van der Waals surface area contributed by atoms with Crippen LogP contribution in [0.1, 0.15) is 62.5 Å². The van der Waals surface area contributed by atoms with Crippen molar-refractivity contribution in [2.24, 2.45) is 11.8 Å². The number of benzene rings is 2. The molecule has 4 rings (SSSR count). The molecule has 35 heavy (non-hydrogen) atoms. The molecule has 2 aliphatic carbocycles. The molecule has 2 atom stereocenters. The molecule has 6 heteroatoms. The summed E-state index contributed by atoms with van der Waals surface area (Å²) < 4.78 is 0. The fraction of sp³-hybridized carbons (Fsp3) is 0.552. The van der Waals surface area contributed by atoms with Crippen LogP contribution in [-0.2, 0) is 17.6 Å². The number of nitrogens with one attached hydrogen (secondary N) is 2. The van der Waals surface area contributed by atoms with E-state index in [1.807, 2.05) is 36.4 Å². The Bertz CT molecular complexity index is 916. The Morgan fingerprint density at radius 3 is 2.46 bits per heavy atom. The third-order valence-electron chi connectivity index (χ3n) is 7.34. The molecule has 0 radical (unpaired) electrons. The molecule has 2 aromatic rings. The molecule has 2 unspecified atom stereocenters. The molecule has 2 saturated carbocycles. The summed E-state index contributed by atoms with van der Waals surface area (Å²) in [4.78, 5) is 10.9. The standard InChI is InChI=1S/C20H31NO3.C9H11NO/c22-18-7-6-15(13-19(18)23)8-11-20(24)10-2-1-3-17(20)9-12-21-14-16-4-5-16;1-10-9(11)7-8-5-3-2-4-6-8/h6-7,13,16-17,21-24H,1-5,8-12,14H2;2-6H,7H2,1H3,(H,10,11). The van der Waals surface area contributed by atoms with E-state index >= 15 is 0 Å². The second kappa shape index (κ2) is 13.5. The van der Waals surface area contributed by atoms with Gasteiger partial charge in [0.15, 0.2) is 11.5 Å². The molecule has 2 aromatic carbocycles. The molecule has 6 nitrogen and oxygen atoms in total. The van der Waals surface area contributed by atoms with E-state index in [2.05, 4.69) is 10.6 Å². The number of hydrogen-bond acceptors (Lipinski definition) is 5. The summed E-state index contributed by atoms with van der Waals surface area (Å²) in [6, 6.07) is 14.6. The van der Waals surface area contributed by atoms with Gasteiger partial charge in [-0.1, -0.05) is 49.2 Å². The minimum Gasteiger partial charge on any atom is -0.504 e. The Morgan fingerprint density at radius 2 is 1.77 bits per heavy atom. The van der Waals surface area contributed by atoms with Crippen molar-refractivity contribution >= 4 is 5.91 Å². The van der Waals surface area contributed by atoms with Gasteiger partial charge in [0.25, 0.3) is 0 Å². The number of phenols is 2. The monoisotopic (exact) mass is 482 g/mol. The highest BCUT2D eigenvalue weighted by molar-refractivity contribution is 5.78. The first-order valence-corrected chi connectivity index (χ1v) is 13.1. The van der Waals surface area contributed by atoms with Crippen molar-refractivity contribution in [3.63, 3.8) is 0 Å². The summed E-state index contributed by atoms with van der Waals surface area (Å²) in [5, 5.41) is 36.4. The molecule has 2 fully saturated rings. The Morgan fingerprint density at radius 1 is 1.00 bits per heavy atom. The predicted molar refractivity (Wildman–Crippen MR) is 139 cm³/mol. The summed E-state index contributed by atoms with van der Waals surface area (Å²) in [6.07, 6.45) is 10.0. The van der Waals surface area contributed by atoms with Gasteiger partial charge in [-0.05, 0) is 93.1 Å². The predicted octanol–water partition coefficient (Wildman–Crippen LogP) is 4.32. The van der Waals surface area contributed by atoms with Crippen LogP contribution in [0.4, 0.5) is 0 Å². The number of aliphatic hydroxyl groups is 1. The highest BCUT2D eigenvalue weighted by Gasteiger charge is 2.38. The second-order valence-electron chi connectivity index (χ2n) is 10.1. The minimum atomic E-state index is -0.590. The number of phenolic OH excluding ortho intramolecular Hbond substituents is 2. The largest absolute Gasteiger partial charge is 0.504 e. The molecule has 0 aliphatic heterocycles. The first kappa shape index (κ1) is 27.0. The normalized spacial score (nSPS) is 21.6. The van der Waals surface area contributed by atoms with Crippen molar-refractivity contribution in [2.75, 3.05) is 20.1 Å². The van der Waals surface area contributed by atoms with E-state index in [9.17, 15) is 20.1 Å². The van der Waals surface area contributed by atoms with Crippen molar-refractivity contribution < 1.29 is 20.1 Å². The van der Waals surface area contributed by atoms with Gasteiger partial charge in [0.2, 0.25) is 5.91 Å². The lowest BCUT2D eigenvalue weighted by Gasteiger charge is -2.40. The van der Waals surface area contributed by atoms with Crippen molar-refractivity contribution in [1.82, 2.24) is 10.6 Å². The highest BCUT2D eigenvalue weighted by atomic mass is 16.3. The van der Waals surface area contributed by atoms with Gasteiger partial charge < -0.3 is 26.0 Å².